The first-order valence-electron chi connectivity index (χ1n) is 8.43. The highest BCUT2D eigenvalue weighted by Gasteiger charge is 2.22. The number of nitrogens with zero attached hydrogens (tertiary/aromatic N) is 1. The van der Waals surface area contributed by atoms with Crippen molar-refractivity contribution >= 4 is 22.5 Å². The molecule has 5 heteroatoms. The van der Waals surface area contributed by atoms with Crippen LogP contribution in [0.3, 0.4) is 0 Å². The van der Waals surface area contributed by atoms with Gasteiger partial charge in [-0.05, 0) is 48.4 Å². The molecule has 0 aliphatic heterocycles. The molecule has 1 unspecified atom stereocenters. The van der Waals surface area contributed by atoms with Gasteiger partial charge in [0.25, 0.3) is 0 Å². The molecule has 3 aromatic rings. The van der Waals surface area contributed by atoms with Gasteiger partial charge >= 0.3 is 0 Å². The maximum Gasteiger partial charge on any atom is 0.130 e. The van der Waals surface area contributed by atoms with Gasteiger partial charge in [0.2, 0.25) is 0 Å². The third-order valence-electron chi connectivity index (χ3n) is 4.14. The van der Waals surface area contributed by atoms with E-state index in [1.807, 2.05) is 73.7 Å². The SMILES string of the molecule is Cc1c(Oc2ccccc2)cccc1C(C#N)C(=N)Sc1ccccc1N. The number of nitrogen functional groups attached to an aromatic ring is 1. The van der Waals surface area contributed by atoms with E-state index in [2.05, 4.69) is 6.07 Å². The third kappa shape index (κ3) is 4.30. The Bertz CT molecular complexity index is 996. The average Bonchev–Trinajstić information content (AvgIpc) is 2.68. The van der Waals surface area contributed by atoms with Crippen LogP contribution in [-0.4, -0.2) is 5.04 Å². The van der Waals surface area contributed by atoms with E-state index in [4.69, 9.17) is 15.9 Å². The van der Waals surface area contributed by atoms with Crippen molar-refractivity contribution in [2.75, 3.05) is 5.73 Å². The van der Waals surface area contributed by atoms with Crippen molar-refractivity contribution in [1.82, 2.24) is 0 Å². The standard InChI is InChI=1S/C22H19N3OS/c1-15-17(10-7-12-20(15)26-16-8-3-2-4-9-16)18(14-23)22(25)27-21-13-6-5-11-19(21)24/h2-13,18,25H,24H2,1H3. The fourth-order valence-corrected chi connectivity index (χ4v) is 3.56. The van der Waals surface area contributed by atoms with E-state index in [1.165, 1.54) is 11.8 Å². The van der Waals surface area contributed by atoms with Crippen LogP contribution >= 0.6 is 11.8 Å². The first kappa shape index (κ1) is 18.6. The lowest BCUT2D eigenvalue weighted by molar-refractivity contribution is 0.478. The summed E-state index contributed by atoms with van der Waals surface area (Å²) in [4.78, 5) is 0.775. The van der Waals surface area contributed by atoms with Gasteiger partial charge in [0.15, 0.2) is 0 Å². The van der Waals surface area contributed by atoms with Crippen LogP contribution in [0.1, 0.15) is 17.0 Å². The van der Waals surface area contributed by atoms with Crippen molar-refractivity contribution in [3.8, 4) is 17.6 Å². The lowest BCUT2D eigenvalue weighted by atomic mass is 9.96. The van der Waals surface area contributed by atoms with E-state index in [0.29, 0.717) is 11.4 Å². The average molecular weight is 373 g/mol. The van der Waals surface area contributed by atoms with Gasteiger partial charge in [-0.3, -0.25) is 5.41 Å². The lowest BCUT2D eigenvalue weighted by Gasteiger charge is -2.17. The highest BCUT2D eigenvalue weighted by Crippen LogP contribution is 2.35. The van der Waals surface area contributed by atoms with Gasteiger partial charge in [-0.1, -0.05) is 54.2 Å². The molecule has 0 fully saturated rings. The fourth-order valence-electron chi connectivity index (χ4n) is 2.69. The first-order valence-corrected chi connectivity index (χ1v) is 9.24. The van der Waals surface area contributed by atoms with Crippen LogP contribution < -0.4 is 10.5 Å². The van der Waals surface area contributed by atoms with E-state index in [-0.39, 0.29) is 5.04 Å². The molecule has 0 heterocycles. The highest BCUT2D eigenvalue weighted by molar-refractivity contribution is 8.14. The Hall–Kier alpha value is -3.23. The number of ether oxygens (including phenoxy) is 1. The number of nitriles is 1. The van der Waals surface area contributed by atoms with Crippen molar-refractivity contribution in [1.29, 1.82) is 10.7 Å². The molecule has 0 bridgehead atoms. The summed E-state index contributed by atoms with van der Waals surface area (Å²) in [6.45, 7) is 1.91. The number of thioether (sulfide) groups is 1. The van der Waals surface area contributed by atoms with Crippen LogP contribution in [-0.2, 0) is 0 Å². The van der Waals surface area contributed by atoms with Gasteiger partial charge in [-0.2, -0.15) is 5.26 Å². The van der Waals surface area contributed by atoms with Gasteiger partial charge in [-0.25, -0.2) is 0 Å². The van der Waals surface area contributed by atoms with Crippen molar-refractivity contribution in [3.05, 3.63) is 83.9 Å². The summed E-state index contributed by atoms with van der Waals surface area (Å²) in [7, 11) is 0. The number of nitrogens with one attached hydrogen (secondary N) is 1. The van der Waals surface area contributed by atoms with Crippen molar-refractivity contribution in [3.63, 3.8) is 0 Å². The molecule has 0 amide bonds. The molecular weight excluding hydrogens is 354 g/mol. The second-order valence-electron chi connectivity index (χ2n) is 5.95. The van der Waals surface area contributed by atoms with Crippen LogP contribution in [0.4, 0.5) is 5.69 Å². The molecule has 0 aliphatic rings. The Kier molecular flexibility index (Phi) is 5.80. The number of nitrogens with two attached hydrogens (primary N) is 1. The number of para-hydroxylation sites is 2. The Morgan fingerprint density at radius 3 is 2.44 bits per heavy atom. The van der Waals surface area contributed by atoms with Crippen LogP contribution in [0.2, 0.25) is 0 Å². The number of hydrogen-bond donors (Lipinski definition) is 2. The summed E-state index contributed by atoms with van der Waals surface area (Å²) >= 11 is 1.21. The predicted octanol–water partition coefficient (Wildman–Crippen LogP) is 5.75. The summed E-state index contributed by atoms with van der Waals surface area (Å²) in [6, 6.07) is 24.7. The van der Waals surface area contributed by atoms with Crippen molar-refractivity contribution < 1.29 is 4.74 Å². The quantitative estimate of drug-likeness (QED) is 0.258. The Balaban J connectivity index is 1.87. The second-order valence-corrected chi connectivity index (χ2v) is 7.04. The molecule has 4 nitrogen and oxygen atoms in total. The summed E-state index contributed by atoms with van der Waals surface area (Å²) in [6.07, 6.45) is 0. The normalized spacial score (nSPS) is 11.4. The summed E-state index contributed by atoms with van der Waals surface area (Å²) in [5.74, 6) is 0.720. The molecule has 0 aromatic heterocycles. The van der Waals surface area contributed by atoms with Gasteiger partial charge in [0.1, 0.15) is 17.4 Å². The highest BCUT2D eigenvalue weighted by atomic mass is 32.2. The second kappa shape index (κ2) is 8.43. The van der Waals surface area contributed by atoms with E-state index < -0.39 is 5.92 Å². The zero-order chi connectivity index (χ0) is 19.2. The van der Waals surface area contributed by atoms with Crippen molar-refractivity contribution in [2.45, 2.75) is 17.7 Å². The maximum absolute atomic E-state index is 9.73. The molecule has 0 aliphatic carbocycles. The number of hydrogen-bond acceptors (Lipinski definition) is 5. The van der Waals surface area contributed by atoms with Gasteiger partial charge < -0.3 is 10.5 Å². The minimum atomic E-state index is -0.686. The summed E-state index contributed by atoms with van der Waals surface area (Å²) < 4.78 is 5.95. The van der Waals surface area contributed by atoms with Gasteiger partial charge in [0.05, 0.1) is 11.1 Å². The van der Waals surface area contributed by atoms with E-state index in [1.54, 1.807) is 6.07 Å². The number of anilines is 1. The minimum absolute atomic E-state index is 0.232. The van der Waals surface area contributed by atoms with Crippen molar-refractivity contribution in [2.24, 2.45) is 0 Å². The first-order chi connectivity index (χ1) is 13.1. The Morgan fingerprint density at radius 1 is 1.04 bits per heavy atom. The molecule has 0 spiro atoms. The molecule has 0 saturated carbocycles. The zero-order valence-electron chi connectivity index (χ0n) is 14.8. The number of benzene rings is 3. The summed E-state index contributed by atoms with van der Waals surface area (Å²) in [5, 5.41) is 18.4. The van der Waals surface area contributed by atoms with Crippen LogP contribution in [0.25, 0.3) is 0 Å². The summed E-state index contributed by atoms with van der Waals surface area (Å²) in [5.41, 5.74) is 8.18. The van der Waals surface area contributed by atoms with Gasteiger partial charge in [0, 0.05) is 10.6 Å². The molecule has 1 atom stereocenters. The molecular formula is C22H19N3OS. The fraction of sp³-hybridized carbons (Fsp3) is 0.0909. The largest absolute Gasteiger partial charge is 0.457 e. The van der Waals surface area contributed by atoms with Crippen LogP contribution in [0.15, 0.2) is 77.7 Å². The minimum Gasteiger partial charge on any atom is -0.457 e. The van der Waals surface area contributed by atoms with E-state index >= 15 is 0 Å². The molecule has 0 saturated heterocycles. The van der Waals surface area contributed by atoms with Crippen LogP contribution in [0, 0.1) is 23.7 Å². The predicted molar refractivity (Wildman–Crippen MR) is 110 cm³/mol. The molecule has 27 heavy (non-hydrogen) atoms. The molecule has 134 valence electrons. The topological polar surface area (TPSA) is 82.9 Å². The Labute approximate surface area is 163 Å². The maximum atomic E-state index is 9.73. The van der Waals surface area contributed by atoms with Crippen LogP contribution in [0.5, 0.6) is 11.5 Å². The van der Waals surface area contributed by atoms with E-state index in [0.717, 1.165) is 21.8 Å². The smallest absolute Gasteiger partial charge is 0.130 e. The molecule has 3 rings (SSSR count). The lowest BCUT2D eigenvalue weighted by Crippen LogP contribution is -2.09. The zero-order valence-corrected chi connectivity index (χ0v) is 15.7. The van der Waals surface area contributed by atoms with Gasteiger partial charge in [-0.15, -0.1) is 0 Å². The molecule has 3 aromatic carbocycles. The number of rotatable bonds is 5. The molecule has 0 radical (unpaired) electrons. The Morgan fingerprint density at radius 2 is 1.74 bits per heavy atom. The van der Waals surface area contributed by atoms with E-state index in [9.17, 15) is 5.26 Å². The monoisotopic (exact) mass is 373 g/mol. The third-order valence-corrected chi connectivity index (χ3v) is 5.19. The molecule has 3 N–H and O–H groups in total.